The average molecular weight is 226 g/mol. The predicted octanol–water partition coefficient (Wildman–Crippen LogP) is 3.92. The minimum absolute atomic E-state index is 0.141. The second kappa shape index (κ2) is 7.59. The highest BCUT2D eigenvalue weighted by atomic mass is 16.2. The second-order valence-corrected chi connectivity index (χ2v) is 4.49. The summed E-state index contributed by atoms with van der Waals surface area (Å²) in [5.74, 6) is 0.305. The van der Waals surface area contributed by atoms with Crippen LogP contribution in [0, 0.1) is 5.41 Å². The van der Waals surface area contributed by atoms with Gasteiger partial charge in [0.1, 0.15) is 11.6 Å². The number of carbonyl (C=O) groups is 2. The zero-order valence-corrected chi connectivity index (χ0v) is 11.3. The third-order valence-electron chi connectivity index (χ3n) is 3.43. The van der Waals surface area contributed by atoms with Crippen molar-refractivity contribution in [1.82, 2.24) is 0 Å². The molecule has 1 atom stereocenters. The highest BCUT2D eigenvalue weighted by Gasteiger charge is 2.40. The summed E-state index contributed by atoms with van der Waals surface area (Å²) < 4.78 is 0. The minimum Gasteiger partial charge on any atom is -0.299 e. The molecule has 1 unspecified atom stereocenters. The lowest BCUT2D eigenvalue weighted by Crippen LogP contribution is -2.38. The smallest absolute Gasteiger partial charge is 0.146 e. The zero-order valence-electron chi connectivity index (χ0n) is 11.3. The Balaban J connectivity index is 4.94. The summed E-state index contributed by atoms with van der Waals surface area (Å²) in [5, 5.41) is 0. The predicted molar refractivity (Wildman–Crippen MR) is 67.5 cm³/mol. The van der Waals surface area contributed by atoms with Crippen molar-refractivity contribution in [2.75, 3.05) is 0 Å². The molecule has 0 amide bonds. The topological polar surface area (TPSA) is 34.1 Å². The summed E-state index contributed by atoms with van der Waals surface area (Å²) in [4.78, 5) is 24.2. The maximum absolute atomic E-state index is 12.2. The molecule has 0 aromatic carbocycles. The fourth-order valence-electron chi connectivity index (χ4n) is 2.29. The fourth-order valence-corrected chi connectivity index (χ4v) is 2.29. The summed E-state index contributed by atoms with van der Waals surface area (Å²) in [6.45, 7) is 7.92. The summed E-state index contributed by atoms with van der Waals surface area (Å²) in [6.07, 6.45) is 5.28. The third-order valence-corrected chi connectivity index (χ3v) is 3.43. The van der Waals surface area contributed by atoms with Crippen LogP contribution in [-0.2, 0) is 9.59 Å². The van der Waals surface area contributed by atoms with Crippen molar-refractivity contribution in [2.45, 2.75) is 72.6 Å². The SMILES string of the molecule is CCCCC(CC)(C(=O)CC)C(=O)CCC. The molecule has 0 radical (unpaired) electrons. The van der Waals surface area contributed by atoms with E-state index in [2.05, 4.69) is 6.92 Å². The fraction of sp³-hybridized carbons (Fsp3) is 0.857. The Labute approximate surface area is 99.8 Å². The van der Waals surface area contributed by atoms with Crippen LogP contribution in [0.1, 0.15) is 72.6 Å². The van der Waals surface area contributed by atoms with Gasteiger partial charge in [-0.15, -0.1) is 0 Å². The van der Waals surface area contributed by atoms with E-state index in [1.165, 1.54) is 0 Å². The van der Waals surface area contributed by atoms with Crippen molar-refractivity contribution in [3.05, 3.63) is 0 Å². The first-order valence-electron chi connectivity index (χ1n) is 6.65. The molecule has 0 rings (SSSR count). The quantitative estimate of drug-likeness (QED) is 0.558. The molecule has 0 aromatic heterocycles. The van der Waals surface area contributed by atoms with Crippen LogP contribution in [-0.4, -0.2) is 11.6 Å². The molecular formula is C14H26O2. The van der Waals surface area contributed by atoms with Crippen LogP contribution in [0.3, 0.4) is 0 Å². The Morgan fingerprint density at radius 1 is 0.938 bits per heavy atom. The number of unbranched alkanes of at least 4 members (excludes halogenated alkanes) is 1. The number of hydrogen-bond acceptors (Lipinski definition) is 2. The molecule has 0 saturated carbocycles. The van der Waals surface area contributed by atoms with Crippen LogP contribution in [0.25, 0.3) is 0 Å². The molecule has 0 fully saturated rings. The van der Waals surface area contributed by atoms with Crippen LogP contribution in [0.5, 0.6) is 0 Å². The van der Waals surface area contributed by atoms with Crippen LogP contribution in [0.4, 0.5) is 0 Å². The Morgan fingerprint density at radius 3 is 1.94 bits per heavy atom. The van der Waals surface area contributed by atoms with Crippen molar-refractivity contribution in [2.24, 2.45) is 5.41 Å². The van der Waals surface area contributed by atoms with Gasteiger partial charge in [0, 0.05) is 12.8 Å². The van der Waals surface area contributed by atoms with E-state index in [1.807, 2.05) is 20.8 Å². The lowest BCUT2D eigenvalue weighted by atomic mass is 9.71. The molecule has 2 nitrogen and oxygen atoms in total. The van der Waals surface area contributed by atoms with Gasteiger partial charge >= 0.3 is 0 Å². The van der Waals surface area contributed by atoms with Crippen molar-refractivity contribution < 1.29 is 9.59 Å². The van der Waals surface area contributed by atoms with Gasteiger partial charge in [0.2, 0.25) is 0 Å². The van der Waals surface area contributed by atoms with E-state index < -0.39 is 5.41 Å². The molecule has 0 N–H and O–H groups in total. The monoisotopic (exact) mass is 226 g/mol. The third kappa shape index (κ3) is 3.43. The summed E-state index contributed by atoms with van der Waals surface area (Å²) in [5.41, 5.74) is -0.666. The van der Waals surface area contributed by atoms with Gasteiger partial charge in [-0.3, -0.25) is 9.59 Å². The van der Waals surface area contributed by atoms with Gasteiger partial charge in [0.25, 0.3) is 0 Å². The standard InChI is InChI=1S/C14H26O2/c1-5-9-11-14(8-4,12(15)7-3)13(16)10-6-2/h5-11H2,1-4H3. The van der Waals surface area contributed by atoms with Crippen molar-refractivity contribution in [3.8, 4) is 0 Å². The van der Waals surface area contributed by atoms with Crippen LogP contribution in [0.15, 0.2) is 0 Å². The highest BCUT2D eigenvalue weighted by molar-refractivity contribution is 6.06. The lowest BCUT2D eigenvalue weighted by Gasteiger charge is -2.29. The van der Waals surface area contributed by atoms with Crippen molar-refractivity contribution in [3.63, 3.8) is 0 Å². The Hall–Kier alpha value is -0.660. The Bertz CT molecular complexity index is 233. The van der Waals surface area contributed by atoms with Gasteiger partial charge in [0.05, 0.1) is 5.41 Å². The number of rotatable bonds is 9. The molecule has 0 aliphatic heterocycles. The summed E-state index contributed by atoms with van der Waals surface area (Å²) in [6, 6.07) is 0. The minimum atomic E-state index is -0.666. The maximum Gasteiger partial charge on any atom is 0.146 e. The molecule has 0 aliphatic rings. The molecule has 2 heteroatoms. The van der Waals surface area contributed by atoms with E-state index in [0.29, 0.717) is 19.3 Å². The van der Waals surface area contributed by atoms with E-state index in [9.17, 15) is 9.59 Å². The van der Waals surface area contributed by atoms with Crippen molar-refractivity contribution in [1.29, 1.82) is 0 Å². The Morgan fingerprint density at radius 2 is 1.56 bits per heavy atom. The molecule has 0 spiro atoms. The average Bonchev–Trinajstić information content (AvgIpc) is 2.30. The first-order chi connectivity index (χ1) is 7.58. The van der Waals surface area contributed by atoms with E-state index in [0.717, 1.165) is 25.7 Å². The molecule has 0 bridgehead atoms. The lowest BCUT2D eigenvalue weighted by molar-refractivity contribution is -0.141. The second-order valence-electron chi connectivity index (χ2n) is 4.49. The van der Waals surface area contributed by atoms with Crippen molar-refractivity contribution >= 4 is 11.6 Å². The van der Waals surface area contributed by atoms with E-state index in [1.54, 1.807) is 0 Å². The first-order valence-corrected chi connectivity index (χ1v) is 6.65. The summed E-state index contributed by atoms with van der Waals surface area (Å²) in [7, 11) is 0. The molecular weight excluding hydrogens is 200 g/mol. The maximum atomic E-state index is 12.2. The number of Topliss-reactive ketones (excluding diaryl/α,β-unsaturated/α-hetero) is 2. The zero-order chi connectivity index (χ0) is 12.6. The normalized spacial score (nSPS) is 14.5. The van der Waals surface area contributed by atoms with Gasteiger partial charge in [0.15, 0.2) is 0 Å². The molecule has 0 aromatic rings. The van der Waals surface area contributed by atoms with Gasteiger partial charge in [-0.1, -0.05) is 40.5 Å². The highest BCUT2D eigenvalue weighted by Crippen LogP contribution is 2.34. The Kier molecular flexibility index (Phi) is 7.27. The molecule has 94 valence electrons. The first kappa shape index (κ1) is 15.3. The van der Waals surface area contributed by atoms with Gasteiger partial charge < -0.3 is 0 Å². The number of ketones is 2. The van der Waals surface area contributed by atoms with Gasteiger partial charge in [-0.05, 0) is 19.3 Å². The van der Waals surface area contributed by atoms with Crippen LogP contribution < -0.4 is 0 Å². The van der Waals surface area contributed by atoms with E-state index in [4.69, 9.17) is 0 Å². The number of hydrogen-bond donors (Lipinski definition) is 0. The molecule has 0 heterocycles. The van der Waals surface area contributed by atoms with Crippen LogP contribution in [0.2, 0.25) is 0 Å². The van der Waals surface area contributed by atoms with Gasteiger partial charge in [-0.2, -0.15) is 0 Å². The van der Waals surface area contributed by atoms with Gasteiger partial charge in [-0.25, -0.2) is 0 Å². The van der Waals surface area contributed by atoms with E-state index in [-0.39, 0.29) is 11.6 Å². The largest absolute Gasteiger partial charge is 0.299 e. The number of carbonyl (C=O) groups excluding carboxylic acids is 2. The van der Waals surface area contributed by atoms with Crippen LogP contribution >= 0.6 is 0 Å². The molecule has 0 saturated heterocycles. The molecule has 16 heavy (non-hydrogen) atoms. The van der Waals surface area contributed by atoms with E-state index >= 15 is 0 Å². The molecule has 0 aliphatic carbocycles. The summed E-state index contributed by atoms with van der Waals surface area (Å²) >= 11 is 0.